The molecule has 0 saturated carbocycles. The highest BCUT2D eigenvalue weighted by atomic mass is 79.9. The van der Waals surface area contributed by atoms with Crippen molar-refractivity contribution in [2.75, 3.05) is 5.33 Å². The fraction of sp³-hybridized carbons (Fsp3) is 0.400. The summed E-state index contributed by atoms with van der Waals surface area (Å²) in [6.07, 6.45) is 2.93. The summed E-state index contributed by atoms with van der Waals surface area (Å²) in [5.41, 5.74) is 2.66. The predicted molar refractivity (Wildman–Crippen MR) is 32.1 cm³/mol. The highest BCUT2D eigenvalue weighted by molar-refractivity contribution is 9.09. The molecular weight excluding hydrogens is 140 g/mol. The highest BCUT2D eigenvalue weighted by Crippen LogP contribution is 1.85. The quantitative estimate of drug-likeness (QED) is 0.414. The maximum absolute atomic E-state index is 3.40. The van der Waals surface area contributed by atoms with E-state index in [4.69, 9.17) is 0 Å². The van der Waals surface area contributed by atoms with Crippen molar-refractivity contribution in [3.05, 3.63) is 18.4 Å². The van der Waals surface area contributed by atoms with E-state index in [0.717, 1.165) is 11.8 Å². The van der Waals surface area contributed by atoms with Crippen molar-refractivity contribution >= 4 is 15.9 Å². The molecule has 0 aromatic carbocycles. The van der Waals surface area contributed by atoms with E-state index >= 15 is 0 Å². The number of halogens is 1. The maximum atomic E-state index is 3.40. The second kappa shape index (κ2) is 5.00. The van der Waals surface area contributed by atoms with Gasteiger partial charge in [0.25, 0.3) is 0 Å². The summed E-state index contributed by atoms with van der Waals surface area (Å²) in [5, 5.41) is 1.01. The largest absolute Gasteiger partial charge is 0.133 e. The molecule has 0 aromatic rings. The molecule has 6 heavy (non-hydrogen) atoms. The van der Waals surface area contributed by atoms with Crippen LogP contribution in [0.1, 0.15) is 6.42 Å². The first-order valence-electron chi connectivity index (χ1n) is 1.82. The third kappa shape index (κ3) is 4.00. The molecule has 0 nitrogen and oxygen atoms in total. The number of hydrogen-bond donors (Lipinski definition) is 0. The zero-order valence-electron chi connectivity index (χ0n) is 3.58. The fourth-order valence-corrected chi connectivity index (χ4v) is 0.386. The van der Waals surface area contributed by atoms with Crippen LogP contribution < -0.4 is 0 Å². The SMILES string of the molecule is C=C=CCCBr. The minimum absolute atomic E-state index is 1.01. The number of hydrogen-bond acceptors (Lipinski definition) is 0. The monoisotopic (exact) mass is 146 g/mol. The second-order valence-corrected chi connectivity index (χ2v) is 1.68. The average Bonchev–Trinajstić information content (AvgIpc) is 1.61. The molecule has 0 heterocycles. The summed E-state index contributed by atoms with van der Waals surface area (Å²) in [7, 11) is 0. The molecule has 1 heteroatoms. The highest BCUT2D eigenvalue weighted by Gasteiger charge is 1.65. The summed E-state index contributed by atoms with van der Waals surface area (Å²) >= 11 is 3.25. The van der Waals surface area contributed by atoms with Gasteiger partial charge in [0, 0.05) is 5.33 Å². The van der Waals surface area contributed by atoms with Crippen molar-refractivity contribution in [1.82, 2.24) is 0 Å². The first kappa shape index (κ1) is 6.00. The lowest BCUT2D eigenvalue weighted by Crippen LogP contribution is -1.59. The van der Waals surface area contributed by atoms with E-state index in [1.165, 1.54) is 0 Å². The Labute approximate surface area is 46.7 Å². The molecule has 0 atom stereocenters. The summed E-state index contributed by atoms with van der Waals surface area (Å²) in [4.78, 5) is 0. The molecule has 0 aliphatic rings. The Morgan fingerprint density at radius 1 is 1.83 bits per heavy atom. The van der Waals surface area contributed by atoms with Gasteiger partial charge in [0.15, 0.2) is 0 Å². The summed E-state index contributed by atoms with van der Waals surface area (Å²) < 4.78 is 0. The molecule has 0 fully saturated rings. The molecule has 0 rings (SSSR count). The lowest BCUT2D eigenvalue weighted by Gasteiger charge is -1.71. The molecule has 0 spiro atoms. The van der Waals surface area contributed by atoms with Crippen molar-refractivity contribution in [1.29, 1.82) is 0 Å². The Bertz CT molecular complexity index is 60.3. The average molecular weight is 147 g/mol. The number of alkyl halides is 1. The van der Waals surface area contributed by atoms with Crippen LogP contribution in [0, 0.1) is 0 Å². The number of rotatable bonds is 2. The van der Waals surface area contributed by atoms with E-state index in [1.54, 1.807) is 0 Å². The number of allylic oxidation sites excluding steroid dienone is 1. The van der Waals surface area contributed by atoms with Crippen LogP contribution in [0.5, 0.6) is 0 Å². The van der Waals surface area contributed by atoms with Gasteiger partial charge in [0.2, 0.25) is 0 Å². The zero-order valence-corrected chi connectivity index (χ0v) is 5.16. The first-order valence-corrected chi connectivity index (χ1v) is 2.94. The lowest BCUT2D eigenvalue weighted by molar-refractivity contribution is 1.27. The molecule has 34 valence electrons. The summed E-state index contributed by atoms with van der Waals surface area (Å²) in [6, 6.07) is 0. The van der Waals surface area contributed by atoms with Crippen molar-refractivity contribution in [2.45, 2.75) is 6.42 Å². The Hall–Kier alpha value is 0. The van der Waals surface area contributed by atoms with Gasteiger partial charge >= 0.3 is 0 Å². The minimum Gasteiger partial charge on any atom is -0.133 e. The van der Waals surface area contributed by atoms with Crippen LogP contribution in [-0.4, -0.2) is 5.33 Å². The van der Waals surface area contributed by atoms with Crippen LogP contribution in [0.15, 0.2) is 18.4 Å². The van der Waals surface area contributed by atoms with Crippen LogP contribution in [-0.2, 0) is 0 Å². The second-order valence-electron chi connectivity index (χ2n) is 0.886. The van der Waals surface area contributed by atoms with Gasteiger partial charge in [-0.15, -0.1) is 5.73 Å². The topological polar surface area (TPSA) is 0 Å². The van der Waals surface area contributed by atoms with Crippen molar-refractivity contribution in [3.8, 4) is 0 Å². The Kier molecular flexibility index (Phi) is 5.00. The predicted octanol–water partition coefficient (Wildman–Crippen LogP) is 2.11. The smallest absolute Gasteiger partial charge is 0.00719 e. The Balaban J connectivity index is 2.86. The minimum atomic E-state index is 1.01. The third-order valence-electron chi connectivity index (χ3n) is 0.398. The molecule has 0 bridgehead atoms. The van der Waals surface area contributed by atoms with Gasteiger partial charge in [-0.1, -0.05) is 22.5 Å². The molecule has 0 aliphatic carbocycles. The van der Waals surface area contributed by atoms with E-state index in [0.29, 0.717) is 0 Å². The molecule has 0 unspecified atom stereocenters. The van der Waals surface area contributed by atoms with E-state index in [2.05, 4.69) is 28.2 Å². The molecule has 0 aromatic heterocycles. The van der Waals surface area contributed by atoms with E-state index in [9.17, 15) is 0 Å². The summed E-state index contributed by atoms with van der Waals surface area (Å²) in [6.45, 7) is 3.40. The summed E-state index contributed by atoms with van der Waals surface area (Å²) in [5.74, 6) is 0. The van der Waals surface area contributed by atoms with Crippen LogP contribution in [0.4, 0.5) is 0 Å². The normalized spacial score (nSPS) is 6.83. The van der Waals surface area contributed by atoms with Crippen LogP contribution in [0.3, 0.4) is 0 Å². The molecule has 0 aliphatic heterocycles. The van der Waals surface area contributed by atoms with Crippen LogP contribution >= 0.6 is 15.9 Å². The van der Waals surface area contributed by atoms with Gasteiger partial charge in [-0.25, -0.2) is 0 Å². The molecule has 0 amide bonds. The van der Waals surface area contributed by atoms with Gasteiger partial charge < -0.3 is 0 Å². The molecule has 0 N–H and O–H groups in total. The van der Waals surface area contributed by atoms with Crippen molar-refractivity contribution in [3.63, 3.8) is 0 Å². The van der Waals surface area contributed by atoms with Gasteiger partial charge in [0.05, 0.1) is 0 Å². The Morgan fingerprint density at radius 3 is 2.67 bits per heavy atom. The van der Waals surface area contributed by atoms with Gasteiger partial charge in [-0.3, -0.25) is 0 Å². The van der Waals surface area contributed by atoms with E-state index in [-0.39, 0.29) is 0 Å². The maximum Gasteiger partial charge on any atom is 0.00719 e. The van der Waals surface area contributed by atoms with Gasteiger partial charge in [-0.2, -0.15) is 0 Å². The Morgan fingerprint density at radius 2 is 2.50 bits per heavy atom. The van der Waals surface area contributed by atoms with Crippen LogP contribution in [0.2, 0.25) is 0 Å². The van der Waals surface area contributed by atoms with Crippen molar-refractivity contribution in [2.24, 2.45) is 0 Å². The third-order valence-corrected chi connectivity index (χ3v) is 0.856. The molecule has 0 radical (unpaired) electrons. The van der Waals surface area contributed by atoms with E-state index < -0.39 is 0 Å². The van der Waals surface area contributed by atoms with Gasteiger partial charge in [-0.05, 0) is 12.5 Å². The van der Waals surface area contributed by atoms with E-state index in [1.807, 2.05) is 6.08 Å². The van der Waals surface area contributed by atoms with Gasteiger partial charge in [0.1, 0.15) is 0 Å². The first-order chi connectivity index (χ1) is 2.91. The lowest BCUT2D eigenvalue weighted by atomic mass is 10.5. The standard InChI is InChI=1S/C5H7Br/c1-2-3-4-5-6/h3H,1,4-5H2. The van der Waals surface area contributed by atoms with Crippen LogP contribution in [0.25, 0.3) is 0 Å². The zero-order chi connectivity index (χ0) is 4.83. The molecule has 0 saturated heterocycles. The molecular formula is C5H7Br. The van der Waals surface area contributed by atoms with Crippen molar-refractivity contribution < 1.29 is 0 Å². The fourth-order valence-electron chi connectivity index (χ4n) is 0.157.